The summed E-state index contributed by atoms with van der Waals surface area (Å²) in [5.41, 5.74) is 5.96. The van der Waals surface area contributed by atoms with Crippen molar-refractivity contribution in [2.24, 2.45) is 5.92 Å². The molecule has 1 fully saturated rings. The maximum absolute atomic E-state index is 12.3. The summed E-state index contributed by atoms with van der Waals surface area (Å²) in [4.78, 5) is 37.3. The van der Waals surface area contributed by atoms with E-state index in [0.717, 1.165) is 30.6 Å². The van der Waals surface area contributed by atoms with Gasteiger partial charge in [-0.1, -0.05) is 25.3 Å². The summed E-state index contributed by atoms with van der Waals surface area (Å²) in [5, 5.41) is 7.25. The van der Waals surface area contributed by atoms with Crippen molar-refractivity contribution in [2.45, 2.75) is 32.1 Å². The van der Waals surface area contributed by atoms with E-state index in [1.165, 1.54) is 23.8 Å². The number of rotatable bonds is 5. The number of anilines is 1. The van der Waals surface area contributed by atoms with E-state index >= 15 is 0 Å². The molecule has 2 aromatic rings. The van der Waals surface area contributed by atoms with Gasteiger partial charge in [-0.25, -0.2) is 0 Å². The van der Waals surface area contributed by atoms with Crippen LogP contribution in [0.2, 0.25) is 0 Å². The maximum atomic E-state index is 12.3. The fraction of sp³-hybridized carbons (Fsp3) is 0.273. The van der Waals surface area contributed by atoms with Gasteiger partial charge in [0.2, 0.25) is 11.8 Å². The highest BCUT2D eigenvalue weighted by Gasteiger charge is 2.21. The zero-order valence-electron chi connectivity index (χ0n) is 16.9. The molecule has 0 saturated heterocycles. The first kappa shape index (κ1) is 22.6. The van der Waals surface area contributed by atoms with Gasteiger partial charge in [0.1, 0.15) is 0 Å². The monoisotopic (exact) mass is 456 g/mol. The predicted molar refractivity (Wildman–Crippen MR) is 126 cm³/mol. The van der Waals surface area contributed by atoms with Crippen LogP contribution in [0.1, 0.15) is 47.3 Å². The van der Waals surface area contributed by atoms with Crippen LogP contribution in [0, 0.1) is 5.92 Å². The Bertz CT molecular complexity index is 950. The van der Waals surface area contributed by atoms with Gasteiger partial charge in [-0.3, -0.25) is 30.6 Å². The minimum absolute atomic E-state index is 0.0226. The number of thiophene rings is 1. The summed E-state index contributed by atoms with van der Waals surface area (Å²) in [6.07, 6.45) is 8.28. The molecule has 0 bridgehead atoms. The van der Waals surface area contributed by atoms with E-state index in [2.05, 4.69) is 21.5 Å². The van der Waals surface area contributed by atoms with Crippen LogP contribution < -0.4 is 21.5 Å². The van der Waals surface area contributed by atoms with Gasteiger partial charge in [0.05, 0.1) is 0 Å². The van der Waals surface area contributed by atoms with E-state index < -0.39 is 11.8 Å². The highest BCUT2D eigenvalue weighted by Crippen LogP contribution is 2.25. The van der Waals surface area contributed by atoms with Crippen LogP contribution in [0.3, 0.4) is 0 Å². The van der Waals surface area contributed by atoms with Crippen molar-refractivity contribution in [1.82, 2.24) is 16.2 Å². The van der Waals surface area contributed by atoms with Crippen LogP contribution >= 0.6 is 23.6 Å². The molecule has 3 amide bonds. The van der Waals surface area contributed by atoms with Gasteiger partial charge in [-0.05, 0) is 66.8 Å². The summed E-state index contributed by atoms with van der Waals surface area (Å²) < 4.78 is 0. The van der Waals surface area contributed by atoms with Gasteiger partial charge in [-0.2, -0.15) is 0 Å². The van der Waals surface area contributed by atoms with E-state index in [0.29, 0.717) is 11.3 Å². The van der Waals surface area contributed by atoms with Crippen LogP contribution in [0.5, 0.6) is 0 Å². The SMILES string of the molecule is O=C(/C=C/c1cccs1)NC(=S)NNC(=O)c1ccc(NC(=O)C2CCCCC2)cc1. The van der Waals surface area contributed by atoms with E-state index in [1.807, 2.05) is 17.5 Å². The van der Waals surface area contributed by atoms with E-state index in [4.69, 9.17) is 12.2 Å². The first-order valence-corrected chi connectivity index (χ1v) is 11.3. The lowest BCUT2D eigenvalue weighted by molar-refractivity contribution is -0.120. The van der Waals surface area contributed by atoms with Crippen molar-refractivity contribution in [1.29, 1.82) is 0 Å². The Balaban J connectivity index is 1.42. The average Bonchev–Trinajstić information content (AvgIpc) is 3.31. The second-order valence-electron chi connectivity index (χ2n) is 7.15. The highest BCUT2D eigenvalue weighted by molar-refractivity contribution is 7.80. The lowest BCUT2D eigenvalue weighted by Crippen LogP contribution is -2.48. The number of hydrazine groups is 1. The Morgan fingerprint density at radius 1 is 1.00 bits per heavy atom. The highest BCUT2D eigenvalue weighted by atomic mass is 32.1. The molecule has 0 radical (unpaired) electrons. The van der Waals surface area contributed by atoms with Crippen LogP contribution in [0.4, 0.5) is 5.69 Å². The van der Waals surface area contributed by atoms with Crippen LogP contribution in [-0.4, -0.2) is 22.8 Å². The molecule has 9 heteroatoms. The van der Waals surface area contributed by atoms with Crippen LogP contribution in [-0.2, 0) is 9.59 Å². The quantitative estimate of drug-likeness (QED) is 0.313. The second kappa shape index (κ2) is 11.4. The van der Waals surface area contributed by atoms with Crippen LogP contribution in [0.15, 0.2) is 47.9 Å². The Labute approximate surface area is 190 Å². The molecule has 0 atom stereocenters. The molecule has 0 spiro atoms. The van der Waals surface area contributed by atoms with Crippen molar-refractivity contribution in [3.63, 3.8) is 0 Å². The number of nitrogens with one attached hydrogen (secondary N) is 4. The largest absolute Gasteiger partial charge is 0.326 e. The molecule has 1 aromatic carbocycles. The molecule has 1 aromatic heterocycles. The topological polar surface area (TPSA) is 99.3 Å². The number of hydrogen-bond acceptors (Lipinski definition) is 5. The van der Waals surface area contributed by atoms with Crippen molar-refractivity contribution in [3.8, 4) is 0 Å². The molecular weight excluding hydrogens is 432 g/mol. The van der Waals surface area contributed by atoms with Gasteiger partial charge in [0.25, 0.3) is 5.91 Å². The van der Waals surface area contributed by atoms with Crippen molar-refractivity contribution in [3.05, 3.63) is 58.3 Å². The van der Waals surface area contributed by atoms with Gasteiger partial charge in [0.15, 0.2) is 5.11 Å². The molecule has 0 aliphatic heterocycles. The molecule has 1 heterocycles. The Morgan fingerprint density at radius 3 is 2.42 bits per heavy atom. The zero-order chi connectivity index (χ0) is 22.1. The number of carbonyl (C=O) groups excluding carboxylic acids is 3. The molecule has 1 aliphatic rings. The van der Waals surface area contributed by atoms with Crippen molar-refractivity contribution in [2.75, 3.05) is 5.32 Å². The number of thiocarbonyl (C=S) groups is 1. The third kappa shape index (κ3) is 7.30. The lowest BCUT2D eigenvalue weighted by Gasteiger charge is -2.20. The van der Waals surface area contributed by atoms with Gasteiger partial charge in [-0.15, -0.1) is 11.3 Å². The summed E-state index contributed by atoms with van der Waals surface area (Å²) in [7, 11) is 0. The average molecular weight is 457 g/mol. The number of amides is 3. The minimum Gasteiger partial charge on any atom is -0.326 e. The first-order valence-electron chi connectivity index (χ1n) is 10.0. The van der Waals surface area contributed by atoms with E-state index in [-0.39, 0.29) is 16.9 Å². The molecule has 31 heavy (non-hydrogen) atoms. The van der Waals surface area contributed by atoms with Crippen molar-refractivity contribution >= 4 is 58.2 Å². The Kier molecular flexibility index (Phi) is 8.31. The van der Waals surface area contributed by atoms with Gasteiger partial charge >= 0.3 is 0 Å². The van der Waals surface area contributed by atoms with E-state index in [9.17, 15) is 14.4 Å². The zero-order valence-corrected chi connectivity index (χ0v) is 18.5. The maximum Gasteiger partial charge on any atom is 0.269 e. The third-order valence-electron chi connectivity index (χ3n) is 4.86. The summed E-state index contributed by atoms with van der Waals surface area (Å²) in [6.45, 7) is 0. The van der Waals surface area contributed by atoms with Gasteiger partial charge < -0.3 is 5.32 Å². The summed E-state index contributed by atoms with van der Waals surface area (Å²) >= 11 is 6.52. The predicted octanol–water partition coefficient (Wildman–Crippen LogP) is 3.62. The molecule has 1 saturated carbocycles. The molecule has 3 rings (SSSR count). The fourth-order valence-corrected chi connectivity index (χ4v) is 4.00. The van der Waals surface area contributed by atoms with Crippen LogP contribution in [0.25, 0.3) is 6.08 Å². The first-order chi connectivity index (χ1) is 15.0. The summed E-state index contributed by atoms with van der Waals surface area (Å²) in [5.74, 6) is -0.723. The lowest BCUT2D eigenvalue weighted by atomic mass is 9.88. The van der Waals surface area contributed by atoms with Crippen molar-refractivity contribution < 1.29 is 14.4 Å². The standard InChI is InChI=1S/C22H24N4O3S2/c27-19(13-12-18-7-4-14-31-18)24-22(30)26-25-21(29)16-8-10-17(11-9-16)23-20(28)15-5-2-1-3-6-15/h4,7-15H,1-3,5-6H2,(H,23,28)(H,25,29)(H2,24,26,27,30)/b13-12+. The number of benzene rings is 1. The van der Waals surface area contributed by atoms with E-state index in [1.54, 1.807) is 30.3 Å². The molecule has 7 nitrogen and oxygen atoms in total. The normalized spacial score (nSPS) is 14.1. The second-order valence-corrected chi connectivity index (χ2v) is 8.54. The molecule has 0 unspecified atom stereocenters. The molecule has 162 valence electrons. The molecular formula is C22H24N4O3S2. The van der Waals surface area contributed by atoms with Gasteiger partial charge in [0, 0.05) is 28.1 Å². The minimum atomic E-state index is -0.420. The Morgan fingerprint density at radius 2 is 1.74 bits per heavy atom. The fourth-order valence-electron chi connectivity index (χ4n) is 3.23. The smallest absolute Gasteiger partial charge is 0.269 e. The number of carbonyl (C=O) groups is 3. The Hall–Kier alpha value is -3.04. The molecule has 1 aliphatic carbocycles. The third-order valence-corrected chi connectivity index (χ3v) is 5.90. The summed E-state index contributed by atoms with van der Waals surface area (Å²) in [6, 6.07) is 10.4. The molecule has 4 N–H and O–H groups in total. The number of hydrogen-bond donors (Lipinski definition) is 4.